The predicted molar refractivity (Wildman–Crippen MR) is 102 cm³/mol. The van der Waals surface area contributed by atoms with Crippen molar-refractivity contribution in [3.05, 3.63) is 93.9 Å². The van der Waals surface area contributed by atoms with Crippen LogP contribution < -0.4 is 15.6 Å². The van der Waals surface area contributed by atoms with Crippen LogP contribution in [0.3, 0.4) is 0 Å². The molecule has 1 aromatic heterocycles. The number of pyridine rings is 1. The van der Waals surface area contributed by atoms with Crippen molar-refractivity contribution in [3.8, 4) is 11.8 Å². The normalized spacial score (nSPS) is 10.1. The van der Waals surface area contributed by atoms with Crippen molar-refractivity contribution in [2.45, 2.75) is 6.54 Å². The van der Waals surface area contributed by atoms with E-state index in [0.29, 0.717) is 23.4 Å². The lowest BCUT2D eigenvalue weighted by Crippen LogP contribution is -2.22. The van der Waals surface area contributed by atoms with Crippen LogP contribution in [0.1, 0.15) is 21.5 Å². The molecule has 0 bridgehead atoms. The number of carbonyl (C=O) groups excluding carboxylic acids is 1. The molecule has 0 saturated heterocycles. The smallest absolute Gasteiger partial charge is 0.257 e. The van der Waals surface area contributed by atoms with E-state index >= 15 is 0 Å². The van der Waals surface area contributed by atoms with Crippen molar-refractivity contribution in [2.24, 2.45) is 0 Å². The highest BCUT2D eigenvalue weighted by atomic mass is 16.5. The number of hydrogen-bond acceptors (Lipinski definition) is 4. The van der Waals surface area contributed by atoms with E-state index in [-0.39, 0.29) is 11.5 Å². The number of amides is 1. The summed E-state index contributed by atoms with van der Waals surface area (Å²) >= 11 is 0. The van der Waals surface area contributed by atoms with E-state index in [9.17, 15) is 9.59 Å². The number of nitrogens with zero attached hydrogens (tertiary/aromatic N) is 2. The Morgan fingerprint density at radius 1 is 1.11 bits per heavy atom. The molecule has 3 rings (SSSR count). The van der Waals surface area contributed by atoms with Gasteiger partial charge in [0.25, 0.3) is 11.5 Å². The van der Waals surface area contributed by atoms with E-state index in [1.54, 1.807) is 31.4 Å². The van der Waals surface area contributed by atoms with Crippen LogP contribution in [0.15, 0.2) is 71.7 Å². The van der Waals surface area contributed by atoms with E-state index in [4.69, 9.17) is 10.00 Å². The maximum Gasteiger partial charge on any atom is 0.257 e. The molecule has 0 fully saturated rings. The maximum absolute atomic E-state index is 12.5. The highest BCUT2D eigenvalue weighted by molar-refractivity contribution is 6.04. The van der Waals surface area contributed by atoms with Gasteiger partial charge in [0.2, 0.25) is 0 Å². The zero-order valence-electron chi connectivity index (χ0n) is 14.7. The van der Waals surface area contributed by atoms with Crippen molar-refractivity contribution >= 4 is 11.6 Å². The Labute approximate surface area is 156 Å². The first-order valence-electron chi connectivity index (χ1n) is 8.24. The third-order valence-corrected chi connectivity index (χ3v) is 4.05. The number of hydrogen-bond donors (Lipinski definition) is 1. The summed E-state index contributed by atoms with van der Waals surface area (Å²) in [6.45, 7) is 0.332. The van der Waals surface area contributed by atoms with Gasteiger partial charge in [0.1, 0.15) is 11.8 Å². The number of para-hydroxylation sites is 1. The van der Waals surface area contributed by atoms with Crippen LogP contribution in [0.2, 0.25) is 0 Å². The lowest BCUT2D eigenvalue weighted by atomic mass is 10.1. The van der Waals surface area contributed by atoms with Gasteiger partial charge in [0, 0.05) is 12.3 Å². The average Bonchev–Trinajstić information content (AvgIpc) is 2.70. The number of anilines is 1. The summed E-state index contributed by atoms with van der Waals surface area (Å²) in [5.41, 5.74) is 1.83. The Kier molecular flexibility index (Phi) is 5.33. The Bertz CT molecular complexity index is 1060. The summed E-state index contributed by atoms with van der Waals surface area (Å²) in [6.07, 6.45) is 1.51. The fraction of sp³-hybridized carbons (Fsp3) is 0.0952. The van der Waals surface area contributed by atoms with E-state index < -0.39 is 0 Å². The fourth-order valence-electron chi connectivity index (χ4n) is 2.60. The molecule has 0 saturated carbocycles. The minimum Gasteiger partial charge on any atom is -0.497 e. The summed E-state index contributed by atoms with van der Waals surface area (Å²) < 4.78 is 6.59. The van der Waals surface area contributed by atoms with Gasteiger partial charge in [0.15, 0.2) is 0 Å². The molecule has 2 aromatic carbocycles. The second-order valence-corrected chi connectivity index (χ2v) is 5.84. The summed E-state index contributed by atoms with van der Waals surface area (Å²) in [4.78, 5) is 24.7. The Morgan fingerprint density at radius 3 is 2.56 bits per heavy atom. The Hall–Kier alpha value is -3.85. The Morgan fingerprint density at radius 2 is 1.85 bits per heavy atom. The lowest BCUT2D eigenvalue weighted by Gasteiger charge is -2.10. The third kappa shape index (κ3) is 4.22. The number of aromatic nitrogens is 1. The van der Waals surface area contributed by atoms with Crippen LogP contribution in [-0.2, 0) is 6.54 Å². The van der Waals surface area contributed by atoms with Gasteiger partial charge in [-0.15, -0.1) is 0 Å². The number of carbonyl (C=O) groups is 1. The van der Waals surface area contributed by atoms with Gasteiger partial charge in [0.05, 0.1) is 30.5 Å². The number of methoxy groups -OCH3 is 1. The molecule has 3 aromatic rings. The van der Waals surface area contributed by atoms with Gasteiger partial charge < -0.3 is 14.6 Å². The number of ether oxygens (including phenoxy) is 1. The standard InChI is InChI=1S/C21H17N3O3/c1-27-18-9-6-15(7-10-18)13-24-14-17(8-11-20(24)25)21(26)23-19-5-3-2-4-16(19)12-22/h2-11,14H,13H2,1H3,(H,23,26). The molecule has 0 atom stereocenters. The van der Waals surface area contributed by atoms with Crippen LogP contribution in [0.25, 0.3) is 0 Å². The van der Waals surface area contributed by atoms with Crippen molar-refractivity contribution in [2.75, 3.05) is 12.4 Å². The van der Waals surface area contributed by atoms with Crippen LogP contribution in [0.4, 0.5) is 5.69 Å². The summed E-state index contributed by atoms with van der Waals surface area (Å²) in [6, 6.07) is 19.0. The van der Waals surface area contributed by atoms with Crippen LogP contribution in [-0.4, -0.2) is 17.6 Å². The monoisotopic (exact) mass is 359 g/mol. The van der Waals surface area contributed by atoms with Gasteiger partial charge >= 0.3 is 0 Å². The SMILES string of the molecule is COc1ccc(Cn2cc(C(=O)Nc3ccccc3C#N)ccc2=O)cc1. The van der Waals surface area contributed by atoms with Crippen molar-refractivity contribution in [1.82, 2.24) is 4.57 Å². The summed E-state index contributed by atoms with van der Waals surface area (Å²) in [5, 5.41) is 11.8. The maximum atomic E-state index is 12.5. The first-order chi connectivity index (χ1) is 13.1. The topological polar surface area (TPSA) is 84.1 Å². The van der Waals surface area contributed by atoms with Gasteiger partial charge in [-0.2, -0.15) is 5.26 Å². The largest absolute Gasteiger partial charge is 0.497 e. The second-order valence-electron chi connectivity index (χ2n) is 5.84. The number of nitriles is 1. The first kappa shape index (κ1) is 18.0. The van der Waals surface area contributed by atoms with Crippen molar-refractivity contribution < 1.29 is 9.53 Å². The molecule has 134 valence electrons. The molecule has 0 unspecified atom stereocenters. The van der Waals surface area contributed by atoms with Crippen LogP contribution in [0, 0.1) is 11.3 Å². The number of benzene rings is 2. The molecule has 0 aliphatic heterocycles. The Balaban J connectivity index is 1.82. The number of rotatable bonds is 5. The predicted octanol–water partition coefficient (Wildman–Crippen LogP) is 3.03. The average molecular weight is 359 g/mol. The zero-order chi connectivity index (χ0) is 19.2. The highest BCUT2D eigenvalue weighted by Gasteiger charge is 2.11. The highest BCUT2D eigenvalue weighted by Crippen LogP contribution is 2.15. The zero-order valence-corrected chi connectivity index (χ0v) is 14.7. The molecule has 0 spiro atoms. The minimum atomic E-state index is -0.388. The molecule has 6 heteroatoms. The lowest BCUT2D eigenvalue weighted by molar-refractivity contribution is 0.102. The molecule has 0 radical (unpaired) electrons. The van der Waals surface area contributed by atoms with E-state index in [1.807, 2.05) is 30.3 Å². The van der Waals surface area contributed by atoms with E-state index in [1.165, 1.54) is 22.9 Å². The van der Waals surface area contributed by atoms with Gasteiger partial charge in [-0.3, -0.25) is 9.59 Å². The molecule has 1 amide bonds. The molecule has 0 aliphatic rings. The first-order valence-corrected chi connectivity index (χ1v) is 8.24. The van der Waals surface area contributed by atoms with Crippen LogP contribution in [0.5, 0.6) is 5.75 Å². The summed E-state index contributed by atoms with van der Waals surface area (Å²) in [7, 11) is 1.59. The summed E-state index contributed by atoms with van der Waals surface area (Å²) in [5.74, 6) is 0.344. The van der Waals surface area contributed by atoms with E-state index in [0.717, 1.165) is 11.3 Å². The molecule has 1 heterocycles. The molecule has 27 heavy (non-hydrogen) atoms. The molecule has 1 N–H and O–H groups in total. The fourth-order valence-corrected chi connectivity index (χ4v) is 2.60. The van der Waals surface area contributed by atoms with Crippen molar-refractivity contribution in [3.63, 3.8) is 0 Å². The third-order valence-electron chi connectivity index (χ3n) is 4.05. The number of nitrogens with one attached hydrogen (secondary N) is 1. The quantitative estimate of drug-likeness (QED) is 0.759. The minimum absolute atomic E-state index is 0.209. The molecule has 6 nitrogen and oxygen atoms in total. The van der Waals surface area contributed by atoms with Crippen molar-refractivity contribution in [1.29, 1.82) is 5.26 Å². The molecular weight excluding hydrogens is 342 g/mol. The van der Waals surface area contributed by atoms with Gasteiger partial charge in [-0.1, -0.05) is 24.3 Å². The van der Waals surface area contributed by atoms with Crippen LogP contribution >= 0.6 is 0 Å². The molecule has 0 aliphatic carbocycles. The second kappa shape index (κ2) is 8.02. The van der Waals surface area contributed by atoms with Gasteiger partial charge in [-0.25, -0.2) is 0 Å². The van der Waals surface area contributed by atoms with Gasteiger partial charge in [-0.05, 0) is 35.9 Å². The van der Waals surface area contributed by atoms with E-state index in [2.05, 4.69) is 5.32 Å². The molecular formula is C21H17N3O3.